The van der Waals surface area contributed by atoms with Gasteiger partial charge in [0.1, 0.15) is 0 Å². The number of nitrogens with one attached hydrogen (secondary N) is 1. The summed E-state index contributed by atoms with van der Waals surface area (Å²) in [5.74, 6) is 0. The maximum absolute atomic E-state index is 4.49. The van der Waals surface area contributed by atoms with E-state index in [-0.39, 0.29) is 0 Å². The molecule has 13 heavy (non-hydrogen) atoms. The fourth-order valence-electron chi connectivity index (χ4n) is 1.49. The Balaban J connectivity index is 2.61. The Hall–Kier alpha value is -0.870. The van der Waals surface area contributed by atoms with Crippen molar-refractivity contribution in [3.05, 3.63) is 22.5 Å². The molecule has 1 N–H and O–H groups in total. The largest absolute Gasteiger partial charge is 0.314 e. The van der Waals surface area contributed by atoms with Crippen LogP contribution in [0.3, 0.4) is 0 Å². The molecule has 0 atom stereocenters. The van der Waals surface area contributed by atoms with Gasteiger partial charge in [-0.05, 0) is 20.9 Å². The second-order valence-electron chi connectivity index (χ2n) is 3.17. The van der Waals surface area contributed by atoms with Gasteiger partial charge in [0.2, 0.25) is 0 Å². The minimum absolute atomic E-state index is 0.878. The number of thiazole rings is 1. The molecule has 0 bridgehead atoms. The van der Waals surface area contributed by atoms with Gasteiger partial charge in [-0.15, -0.1) is 11.3 Å². The minimum atomic E-state index is 0.878. The number of nitrogens with zero attached hydrogens (tertiary/aromatic N) is 2. The summed E-state index contributed by atoms with van der Waals surface area (Å²) in [7, 11) is 1.96. The molecule has 70 valence electrons. The summed E-state index contributed by atoms with van der Waals surface area (Å²) in [5.41, 5.74) is 2.39. The number of aromatic nitrogens is 2. The highest BCUT2D eigenvalue weighted by Crippen LogP contribution is 2.20. The third kappa shape index (κ3) is 1.36. The van der Waals surface area contributed by atoms with Gasteiger partial charge in [-0.25, -0.2) is 4.98 Å². The molecule has 0 aliphatic carbocycles. The first-order valence-electron chi connectivity index (χ1n) is 4.31. The summed E-state index contributed by atoms with van der Waals surface area (Å²) in [6.07, 6.45) is 2.15. The Morgan fingerprint density at radius 3 is 3.00 bits per heavy atom. The third-order valence-corrected chi connectivity index (χ3v) is 2.98. The van der Waals surface area contributed by atoms with E-state index in [1.807, 2.05) is 7.05 Å². The van der Waals surface area contributed by atoms with E-state index in [4.69, 9.17) is 0 Å². The monoisotopic (exact) mass is 195 g/mol. The average Bonchev–Trinajstić information content (AvgIpc) is 2.52. The van der Waals surface area contributed by atoms with E-state index in [1.165, 1.54) is 10.6 Å². The van der Waals surface area contributed by atoms with Crippen molar-refractivity contribution in [2.45, 2.75) is 20.4 Å². The highest BCUT2D eigenvalue weighted by atomic mass is 32.1. The minimum Gasteiger partial charge on any atom is -0.314 e. The Kier molecular flexibility index (Phi) is 2.09. The lowest BCUT2D eigenvalue weighted by molar-refractivity contribution is 0.776. The summed E-state index contributed by atoms with van der Waals surface area (Å²) < 4.78 is 2.17. The van der Waals surface area contributed by atoms with E-state index in [0.29, 0.717) is 0 Å². The zero-order chi connectivity index (χ0) is 9.42. The topological polar surface area (TPSA) is 29.3 Å². The molecule has 2 aromatic rings. The predicted molar refractivity (Wildman–Crippen MR) is 55.3 cm³/mol. The fraction of sp³-hybridized carbons (Fsp3) is 0.444. The maximum Gasteiger partial charge on any atom is 0.194 e. The van der Waals surface area contributed by atoms with E-state index in [0.717, 1.165) is 17.2 Å². The van der Waals surface area contributed by atoms with Crippen LogP contribution in [0, 0.1) is 13.8 Å². The lowest BCUT2D eigenvalue weighted by Crippen LogP contribution is -2.08. The second-order valence-corrected chi connectivity index (χ2v) is 4.38. The van der Waals surface area contributed by atoms with E-state index in [1.54, 1.807) is 11.3 Å². The average molecular weight is 195 g/mol. The molecule has 0 saturated heterocycles. The van der Waals surface area contributed by atoms with Crippen LogP contribution in [-0.2, 0) is 6.54 Å². The van der Waals surface area contributed by atoms with Gasteiger partial charge < -0.3 is 5.32 Å². The predicted octanol–water partition coefficient (Wildman–Crippen LogP) is 1.73. The molecule has 0 unspecified atom stereocenters. The van der Waals surface area contributed by atoms with Gasteiger partial charge in [0, 0.05) is 17.6 Å². The van der Waals surface area contributed by atoms with Crippen LogP contribution in [0.2, 0.25) is 0 Å². The molecular formula is C9H13N3S. The van der Waals surface area contributed by atoms with Crippen LogP contribution in [0.1, 0.15) is 16.3 Å². The van der Waals surface area contributed by atoms with Crippen molar-refractivity contribution in [2.24, 2.45) is 0 Å². The van der Waals surface area contributed by atoms with Crippen molar-refractivity contribution >= 4 is 16.3 Å². The molecule has 0 spiro atoms. The van der Waals surface area contributed by atoms with Gasteiger partial charge in [-0.2, -0.15) is 0 Å². The van der Waals surface area contributed by atoms with E-state index >= 15 is 0 Å². The number of fused-ring (bicyclic) bond motifs is 1. The van der Waals surface area contributed by atoms with Crippen LogP contribution in [0.15, 0.2) is 6.20 Å². The number of hydrogen-bond donors (Lipinski definition) is 1. The highest BCUT2D eigenvalue weighted by molar-refractivity contribution is 7.17. The fourth-order valence-corrected chi connectivity index (χ4v) is 2.38. The quantitative estimate of drug-likeness (QED) is 0.790. The molecule has 3 nitrogen and oxygen atoms in total. The number of hydrogen-bond acceptors (Lipinski definition) is 3. The van der Waals surface area contributed by atoms with Crippen molar-refractivity contribution in [3.63, 3.8) is 0 Å². The van der Waals surface area contributed by atoms with Gasteiger partial charge in [-0.1, -0.05) is 0 Å². The molecule has 4 heteroatoms. The van der Waals surface area contributed by atoms with Gasteiger partial charge in [-0.3, -0.25) is 4.40 Å². The molecule has 0 aromatic carbocycles. The summed E-state index contributed by atoms with van der Waals surface area (Å²) in [6, 6.07) is 0. The van der Waals surface area contributed by atoms with Gasteiger partial charge in [0.15, 0.2) is 4.96 Å². The third-order valence-electron chi connectivity index (χ3n) is 2.09. The molecule has 0 aliphatic rings. The molecule has 0 radical (unpaired) electrons. The number of rotatable bonds is 2. The molecular weight excluding hydrogens is 182 g/mol. The van der Waals surface area contributed by atoms with Crippen LogP contribution < -0.4 is 5.32 Å². The van der Waals surface area contributed by atoms with Crippen LogP contribution in [0.4, 0.5) is 0 Å². The zero-order valence-corrected chi connectivity index (χ0v) is 8.90. The number of aryl methyl sites for hydroxylation is 2. The molecule has 2 heterocycles. The smallest absolute Gasteiger partial charge is 0.194 e. The van der Waals surface area contributed by atoms with Crippen molar-refractivity contribution in [1.29, 1.82) is 0 Å². The zero-order valence-electron chi connectivity index (χ0n) is 8.09. The maximum atomic E-state index is 4.49. The summed E-state index contributed by atoms with van der Waals surface area (Å²) in [4.78, 5) is 6.90. The van der Waals surface area contributed by atoms with Crippen molar-refractivity contribution < 1.29 is 0 Å². The second kappa shape index (κ2) is 3.12. The normalized spacial score (nSPS) is 11.3. The lowest BCUT2D eigenvalue weighted by Gasteiger charge is -1.98. The first-order valence-corrected chi connectivity index (χ1v) is 5.12. The Morgan fingerprint density at radius 1 is 1.54 bits per heavy atom. The van der Waals surface area contributed by atoms with Crippen molar-refractivity contribution in [2.75, 3.05) is 7.05 Å². The lowest BCUT2D eigenvalue weighted by atomic mass is 10.3. The molecule has 2 aromatic heterocycles. The Bertz CT molecular complexity index is 427. The summed E-state index contributed by atoms with van der Waals surface area (Å²) >= 11 is 1.74. The first-order chi connectivity index (χ1) is 6.22. The van der Waals surface area contributed by atoms with Gasteiger partial charge in [0.25, 0.3) is 0 Å². The van der Waals surface area contributed by atoms with Gasteiger partial charge >= 0.3 is 0 Å². The number of imidazole rings is 1. The van der Waals surface area contributed by atoms with Crippen molar-refractivity contribution in [3.8, 4) is 0 Å². The van der Waals surface area contributed by atoms with E-state index in [9.17, 15) is 0 Å². The van der Waals surface area contributed by atoms with Crippen LogP contribution in [-0.4, -0.2) is 16.4 Å². The molecule has 0 fully saturated rings. The standard InChI is InChI=1S/C9H13N3S/c1-6-5-12-8(4-10-3)7(2)11-9(12)13-6/h5,10H,4H2,1-3H3. The highest BCUT2D eigenvalue weighted by Gasteiger charge is 2.09. The summed E-state index contributed by atoms with van der Waals surface area (Å²) in [6.45, 7) is 5.04. The van der Waals surface area contributed by atoms with E-state index < -0.39 is 0 Å². The van der Waals surface area contributed by atoms with Crippen molar-refractivity contribution in [1.82, 2.24) is 14.7 Å². The molecule has 2 rings (SSSR count). The molecule has 0 aliphatic heterocycles. The van der Waals surface area contributed by atoms with E-state index in [2.05, 4.69) is 34.7 Å². The van der Waals surface area contributed by atoms with Gasteiger partial charge in [0.05, 0.1) is 11.4 Å². The van der Waals surface area contributed by atoms with Crippen LogP contribution >= 0.6 is 11.3 Å². The summed E-state index contributed by atoms with van der Waals surface area (Å²) in [5, 5.41) is 3.16. The Morgan fingerprint density at radius 2 is 2.31 bits per heavy atom. The molecule has 0 amide bonds. The van der Waals surface area contributed by atoms with Crippen LogP contribution in [0.25, 0.3) is 4.96 Å². The first kappa shape index (κ1) is 8.72. The van der Waals surface area contributed by atoms with Crippen LogP contribution in [0.5, 0.6) is 0 Å². The SMILES string of the molecule is CNCc1c(C)nc2sc(C)cn12. The molecule has 0 saturated carbocycles. The Labute approximate surface area is 81.4 Å².